The molecule has 74 valence electrons. The van der Waals surface area contributed by atoms with E-state index in [-0.39, 0.29) is 11.5 Å². The highest BCUT2D eigenvalue weighted by atomic mass is 16.5. The Morgan fingerprint density at radius 2 is 2.57 bits per heavy atom. The molecule has 0 fully saturated rings. The molecule has 0 aromatic heterocycles. The second-order valence-electron chi connectivity index (χ2n) is 4.42. The van der Waals surface area contributed by atoms with E-state index in [2.05, 4.69) is 38.0 Å². The van der Waals surface area contributed by atoms with Gasteiger partial charge in [-0.2, -0.15) is 0 Å². The first-order valence-electron chi connectivity index (χ1n) is 5.12. The predicted molar refractivity (Wildman–Crippen MR) is 57.7 cm³/mol. The molecule has 0 aliphatic heterocycles. The van der Waals surface area contributed by atoms with Gasteiger partial charge in [-0.15, -0.1) is 6.42 Å². The molecule has 1 nitrogen and oxygen atoms in total. The minimum Gasteiger partial charge on any atom is -0.361 e. The third kappa shape index (κ3) is 1.40. The predicted octanol–water partition coefficient (Wildman–Crippen LogP) is 2.55. The number of ether oxygens (including phenoxy) is 1. The summed E-state index contributed by atoms with van der Waals surface area (Å²) in [5.74, 6) is 3.14. The molecule has 2 rings (SSSR count). The lowest BCUT2D eigenvalue weighted by Gasteiger charge is -2.27. The number of rotatable bonds is 3. The van der Waals surface area contributed by atoms with Crippen LogP contribution in [0.2, 0.25) is 0 Å². The van der Waals surface area contributed by atoms with E-state index in [0.717, 1.165) is 0 Å². The number of fused-ring (bicyclic) bond motifs is 2. The molecular formula is C13H16O. The number of hydrogen-bond acceptors (Lipinski definition) is 1. The van der Waals surface area contributed by atoms with Crippen molar-refractivity contribution in [2.75, 3.05) is 6.61 Å². The van der Waals surface area contributed by atoms with Gasteiger partial charge >= 0.3 is 0 Å². The minimum absolute atomic E-state index is 0.158. The summed E-state index contributed by atoms with van der Waals surface area (Å²) in [6, 6.07) is 0. The quantitative estimate of drug-likeness (QED) is 0.488. The maximum absolute atomic E-state index is 5.55. The van der Waals surface area contributed by atoms with Gasteiger partial charge in [0.2, 0.25) is 0 Å². The van der Waals surface area contributed by atoms with E-state index >= 15 is 0 Å². The highest BCUT2D eigenvalue weighted by Gasteiger charge is 2.40. The van der Waals surface area contributed by atoms with Crippen molar-refractivity contribution in [2.45, 2.75) is 26.4 Å². The van der Waals surface area contributed by atoms with E-state index in [1.165, 1.54) is 12.0 Å². The zero-order chi connectivity index (χ0) is 10.2. The van der Waals surface area contributed by atoms with Crippen LogP contribution in [0.3, 0.4) is 0 Å². The van der Waals surface area contributed by atoms with Crippen LogP contribution in [-0.4, -0.2) is 12.7 Å². The van der Waals surface area contributed by atoms with Crippen LogP contribution in [0.4, 0.5) is 0 Å². The van der Waals surface area contributed by atoms with E-state index in [4.69, 9.17) is 11.2 Å². The maximum Gasteiger partial charge on any atom is 0.108 e. The van der Waals surface area contributed by atoms with Crippen molar-refractivity contribution in [1.82, 2.24) is 0 Å². The van der Waals surface area contributed by atoms with Gasteiger partial charge in [0.1, 0.15) is 6.61 Å². The fourth-order valence-electron chi connectivity index (χ4n) is 2.57. The molecule has 0 amide bonds. The molecule has 14 heavy (non-hydrogen) atoms. The Kier molecular flexibility index (Phi) is 2.25. The second kappa shape index (κ2) is 3.29. The van der Waals surface area contributed by atoms with Crippen LogP contribution in [0.1, 0.15) is 20.3 Å². The van der Waals surface area contributed by atoms with Crippen molar-refractivity contribution in [3.05, 3.63) is 23.8 Å². The Balaban J connectivity index is 2.07. The summed E-state index contributed by atoms with van der Waals surface area (Å²) in [6.07, 6.45) is 13.5. The van der Waals surface area contributed by atoms with Crippen LogP contribution in [0.25, 0.3) is 0 Å². The monoisotopic (exact) mass is 188 g/mol. The van der Waals surface area contributed by atoms with E-state index in [9.17, 15) is 0 Å². The third-order valence-electron chi connectivity index (χ3n) is 3.28. The van der Waals surface area contributed by atoms with Crippen LogP contribution in [0.15, 0.2) is 23.8 Å². The van der Waals surface area contributed by atoms with Gasteiger partial charge in [-0.1, -0.05) is 31.1 Å². The van der Waals surface area contributed by atoms with Gasteiger partial charge in [0.25, 0.3) is 0 Å². The van der Waals surface area contributed by atoms with E-state index in [0.29, 0.717) is 12.5 Å². The molecule has 0 saturated heterocycles. The van der Waals surface area contributed by atoms with E-state index < -0.39 is 0 Å². The van der Waals surface area contributed by atoms with Crippen molar-refractivity contribution in [1.29, 1.82) is 0 Å². The van der Waals surface area contributed by atoms with Gasteiger partial charge in [0, 0.05) is 5.41 Å². The fourth-order valence-corrected chi connectivity index (χ4v) is 2.57. The summed E-state index contributed by atoms with van der Waals surface area (Å²) in [6.45, 7) is 4.77. The molecular weight excluding hydrogens is 172 g/mol. The van der Waals surface area contributed by atoms with Crippen molar-refractivity contribution in [3.63, 3.8) is 0 Å². The van der Waals surface area contributed by atoms with E-state index in [1.54, 1.807) is 0 Å². The maximum atomic E-state index is 5.55. The molecule has 0 N–H and O–H groups in total. The Hall–Kier alpha value is -1.00. The molecule has 3 atom stereocenters. The van der Waals surface area contributed by atoms with Crippen molar-refractivity contribution < 1.29 is 4.74 Å². The molecule has 2 aliphatic carbocycles. The lowest BCUT2D eigenvalue weighted by atomic mass is 9.82. The molecule has 0 aromatic carbocycles. The minimum atomic E-state index is 0.158. The zero-order valence-corrected chi connectivity index (χ0v) is 8.79. The Bertz CT molecular complexity index is 332. The Morgan fingerprint density at radius 3 is 3.07 bits per heavy atom. The fraction of sp³-hybridized carbons (Fsp3) is 0.538. The van der Waals surface area contributed by atoms with Gasteiger partial charge in [-0.05, 0) is 24.8 Å². The molecule has 0 saturated carbocycles. The molecule has 0 heterocycles. The van der Waals surface area contributed by atoms with Gasteiger partial charge in [0.15, 0.2) is 0 Å². The number of allylic oxidation sites excluding steroid dienone is 3. The molecule has 0 spiro atoms. The summed E-state index contributed by atoms with van der Waals surface area (Å²) in [5.41, 5.74) is 1.64. The summed E-state index contributed by atoms with van der Waals surface area (Å²) >= 11 is 0. The largest absolute Gasteiger partial charge is 0.361 e. The molecule has 1 heteroatoms. The topological polar surface area (TPSA) is 9.23 Å². The summed E-state index contributed by atoms with van der Waals surface area (Å²) in [4.78, 5) is 0. The zero-order valence-electron chi connectivity index (χ0n) is 8.79. The highest BCUT2D eigenvalue weighted by Crippen LogP contribution is 2.50. The SMILES string of the molecule is C#CCOC(C)C1=CC2C=CC1(C)C2. The van der Waals surface area contributed by atoms with Crippen LogP contribution in [-0.2, 0) is 4.74 Å². The highest BCUT2D eigenvalue weighted by molar-refractivity contribution is 5.37. The van der Waals surface area contributed by atoms with Crippen LogP contribution in [0.5, 0.6) is 0 Å². The second-order valence-corrected chi connectivity index (χ2v) is 4.42. The van der Waals surface area contributed by atoms with Crippen LogP contribution >= 0.6 is 0 Å². The Labute approximate surface area is 85.8 Å². The lowest BCUT2D eigenvalue weighted by molar-refractivity contribution is 0.107. The summed E-state index contributed by atoms with van der Waals surface area (Å²) in [5, 5.41) is 0. The third-order valence-corrected chi connectivity index (χ3v) is 3.28. The van der Waals surface area contributed by atoms with Crippen molar-refractivity contribution in [2.24, 2.45) is 11.3 Å². The van der Waals surface area contributed by atoms with Gasteiger partial charge in [-0.3, -0.25) is 0 Å². The smallest absolute Gasteiger partial charge is 0.108 e. The normalized spacial score (nSPS) is 35.5. The average molecular weight is 188 g/mol. The first-order chi connectivity index (χ1) is 6.65. The standard InChI is InChI=1S/C13H16O/c1-4-7-14-10(2)12-8-11-5-6-13(12,3)9-11/h1,5-6,8,10-11H,7,9H2,2-3H3. The van der Waals surface area contributed by atoms with Crippen LogP contribution < -0.4 is 0 Å². The van der Waals surface area contributed by atoms with Gasteiger partial charge < -0.3 is 4.74 Å². The lowest BCUT2D eigenvalue weighted by Crippen LogP contribution is -2.22. The molecule has 0 aromatic rings. The average Bonchev–Trinajstić information content (AvgIpc) is 2.68. The van der Waals surface area contributed by atoms with Crippen molar-refractivity contribution >= 4 is 0 Å². The summed E-state index contributed by atoms with van der Waals surface area (Å²) in [7, 11) is 0. The van der Waals surface area contributed by atoms with Crippen LogP contribution in [0, 0.1) is 23.7 Å². The first-order valence-corrected chi connectivity index (χ1v) is 5.12. The molecule has 2 aliphatic rings. The Morgan fingerprint density at radius 1 is 1.79 bits per heavy atom. The number of hydrogen-bond donors (Lipinski definition) is 0. The van der Waals surface area contributed by atoms with Gasteiger partial charge in [-0.25, -0.2) is 0 Å². The molecule has 2 bridgehead atoms. The van der Waals surface area contributed by atoms with E-state index in [1.807, 2.05) is 0 Å². The first kappa shape index (κ1) is 9.55. The van der Waals surface area contributed by atoms with Gasteiger partial charge in [0.05, 0.1) is 6.10 Å². The number of terminal acetylenes is 1. The molecule has 3 unspecified atom stereocenters. The molecule has 0 radical (unpaired) electrons. The summed E-state index contributed by atoms with van der Waals surface area (Å²) < 4.78 is 5.55. The van der Waals surface area contributed by atoms with Crippen molar-refractivity contribution in [3.8, 4) is 12.3 Å².